The molecule has 0 aliphatic carbocycles. The maximum atomic E-state index is 10.3. The third-order valence-corrected chi connectivity index (χ3v) is 1.33. The lowest BCUT2D eigenvalue weighted by atomic mass is 10.0. The normalized spacial score (nSPS) is 11.7. The van der Waals surface area contributed by atoms with Crippen molar-refractivity contribution in [2.75, 3.05) is 6.61 Å². The fraction of sp³-hybridized carbons (Fsp3) is 0.375. The lowest BCUT2D eigenvalue weighted by molar-refractivity contribution is -0.133. The Hall–Kier alpha value is -1.25. The van der Waals surface area contributed by atoms with Crippen LogP contribution in [0.2, 0.25) is 0 Å². The van der Waals surface area contributed by atoms with E-state index in [1.165, 1.54) is 6.26 Å². The molecule has 1 unspecified atom stereocenters. The molecule has 62 valence electrons. The highest BCUT2D eigenvalue weighted by Crippen LogP contribution is 2.08. The smallest absolute Gasteiger partial charge is 0.331 e. The van der Waals surface area contributed by atoms with Crippen molar-refractivity contribution >= 4 is 5.97 Å². The second-order valence-electron chi connectivity index (χ2n) is 2.23. The topological polar surface area (TPSA) is 46.5 Å². The first-order chi connectivity index (χ1) is 5.09. The minimum Gasteiger partial charge on any atom is -0.501 e. The monoisotopic (exact) mass is 156 g/mol. The van der Waals surface area contributed by atoms with Gasteiger partial charge in [-0.1, -0.05) is 20.1 Å². The predicted molar refractivity (Wildman–Crippen MR) is 42.1 cm³/mol. The number of rotatable bonds is 5. The van der Waals surface area contributed by atoms with Crippen molar-refractivity contribution in [3.8, 4) is 0 Å². The Kier molecular flexibility index (Phi) is 4.03. The van der Waals surface area contributed by atoms with Crippen LogP contribution in [0.3, 0.4) is 0 Å². The summed E-state index contributed by atoms with van der Waals surface area (Å²) < 4.78 is 4.81. The van der Waals surface area contributed by atoms with Crippen molar-refractivity contribution in [2.45, 2.75) is 6.92 Å². The molecule has 0 amide bonds. The van der Waals surface area contributed by atoms with Gasteiger partial charge in [-0.3, -0.25) is 0 Å². The van der Waals surface area contributed by atoms with Crippen molar-refractivity contribution in [2.24, 2.45) is 5.92 Å². The van der Waals surface area contributed by atoms with E-state index >= 15 is 0 Å². The van der Waals surface area contributed by atoms with Gasteiger partial charge >= 0.3 is 5.97 Å². The molecule has 0 rings (SSSR count). The minimum atomic E-state index is -0.981. The molecule has 1 atom stereocenters. The molecule has 3 nitrogen and oxygen atoms in total. The lowest BCUT2D eigenvalue weighted by Crippen LogP contribution is -2.12. The van der Waals surface area contributed by atoms with E-state index in [1.54, 1.807) is 6.92 Å². The summed E-state index contributed by atoms with van der Waals surface area (Å²) in [6.07, 6.45) is 1.28. The van der Waals surface area contributed by atoms with Gasteiger partial charge in [-0.2, -0.15) is 0 Å². The van der Waals surface area contributed by atoms with Crippen molar-refractivity contribution in [1.29, 1.82) is 0 Å². The molecular formula is C8H12O3. The summed E-state index contributed by atoms with van der Waals surface area (Å²) >= 11 is 0. The number of aliphatic carboxylic acids is 1. The van der Waals surface area contributed by atoms with E-state index in [-0.39, 0.29) is 11.5 Å². The summed E-state index contributed by atoms with van der Waals surface area (Å²) in [4.78, 5) is 10.3. The van der Waals surface area contributed by atoms with Crippen LogP contribution in [0.5, 0.6) is 0 Å². The summed E-state index contributed by atoms with van der Waals surface area (Å²) in [6.45, 7) is 8.78. The van der Waals surface area contributed by atoms with E-state index in [9.17, 15) is 4.79 Å². The first kappa shape index (κ1) is 9.75. The van der Waals surface area contributed by atoms with E-state index in [0.29, 0.717) is 6.61 Å². The molecule has 0 aliphatic rings. The van der Waals surface area contributed by atoms with E-state index in [0.717, 1.165) is 0 Å². The van der Waals surface area contributed by atoms with E-state index < -0.39 is 5.97 Å². The standard InChI is InChI=1S/C8H12O3/c1-4-11-5-6(2)7(3)8(9)10/h4,6H,1,3,5H2,2H3,(H,9,10). The molecule has 1 N–H and O–H groups in total. The zero-order valence-electron chi connectivity index (χ0n) is 6.54. The van der Waals surface area contributed by atoms with Crippen molar-refractivity contribution < 1.29 is 14.6 Å². The first-order valence-electron chi connectivity index (χ1n) is 3.24. The third kappa shape index (κ3) is 3.45. The Labute approximate surface area is 66.0 Å². The zero-order valence-corrected chi connectivity index (χ0v) is 6.54. The average molecular weight is 156 g/mol. The molecule has 11 heavy (non-hydrogen) atoms. The highest BCUT2D eigenvalue weighted by atomic mass is 16.5. The van der Waals surface area contributed by atoms with Crippen LogP contribution >= 0.6 is 0 Å². The molecule has 0 bridgehead atoms. The fourth-order valence-electron chi connectivity index (χ4n) is 0.524. The van der Waals surface area contributed by atoms with E-state index in [1.807, 2.05) is 0 Å². The second-order valence-corrected chi connectivity index (χ2v) is 2.23. The van der Waals surface area contributed by atoms with Crippen LogP contribution in [0, 0.1) is 5.92 Å². The first-order valence-corrected chi connectivity index (χ1v) is 3.24. The maximum Gasteiger partial charge on any atom is 0.331 e. The van der Waals surface area contributed by atoms with Crippen LogP contribution in [0.15, 0.2) is 25.0 Å². The van der Waals surface area contributed by atoms with Gasteiger partial charge in [0.1, 0.15) is 0 Å². The van der Waals surface area contributed by atoms with Gasteiger partial charge in [0.15, 0.2) is 0 Å². The van der Waals surface area contributed by atoms with Gasteiger partial charge in [0.05, 0.1) is 12.9 Å². The zero-order chi connectivity index (χ0) is 8.85. The minimum absolute atomic E-state index is 0.159. The van der Waals surface area contributed by atoms with Crippen LogP contribution in [0.25, 0.3) is 0 Å². The van der Waals surface area contributed by atoms with Crippen molar-refractivity contribution in [3.05, 3.63) is 25.0 Å². The summed E-state index contributed by atoms with van der Waals surface area (Å²) in [7, 11) is 0. The lowest BCUT2D eigenvalue weighted by Gasteiger charge is -2.09. The van der Waals surface area contributed by atoms with Gasteiger partial charge in [0.2, 0.25) is 0 Å². The molecule has 0 fully saturated rings. The number of hydrogen-bond donors (Lipinski definition) is 1. The van der Waals surface area contributed by atoms with Gasteiger partial charge in [0.25, 0.3) is 0 Å². The highest BCUT2D eigenvalue weighted by Gasteiger charge is 2.12. The molecule has 3 heteroatoms. The van der Waals surface area contributed by atoms with Crippen LogP contribution in [0.4, 0.5) is 0 Å². The largest absolute Gasteiger partial charge is 0.501 e. The Balaban J connectivity index is 3.82. The molecule has 0 radical (unpaired) electrons. The van der Waals surface area contributed by atoms with Gasteiger partial charge in [-0.05, 0) is 0 Å². The van der Waals surface area contributed by atoms with Crippen LogP contribution < -0.4 is 0 Å². The number of carboxylic acid groups (broad SMARTS) is 1. The van der Waals surface area contributed by atoms with Gasteiger partial charge in [-0.25, -0.2) is 4.79 Å². The molecule has 0 saturated carbocycles. The molecule has 0 aliphatic heterocycles. The number of carboxylic acids is 1. The van der Waals surface area contributed by atoms with Crippen LogP contribution in [-0.4, -0.2) is 17.7 Å². The molecule has 0 aromatic rings. The van der Waals surface area contributed by atoms with Crippen LogP contribution in [-0.2, 0) is 9.53 Å². The Morgan fingerprint density at radius 3 is 2.73 bits per heavy atom. The molecule has 0 saturated heterocycles. The number of carbonyl (C=O) groups is 1. The highest BCUT2D eigenvalue weighted by molar-refractivity contribution is 5.86. The number of hydrogen-bond acceptors (Lipinski definition) is 2. The fourth-order valence-corrected chi connectivity index (χ4v) is 0.524. The Bertz CT molecular complexity index is 172. The molecule has 0 heterocycles. The van der Waals surface area contributed by atoms with Gasteiger partial charge in [0, 0.05) is 11.5 Å². The van der Waals surface area contributed by atoms with E-state index in [4.69, 9.17) is 9.84 Å². The summed E-state index contributed by atoms with van der Waals surface area (Å²) in [6, 6.07) is 0. The molecule has 0 spiro atoms. The van der Waals surface area contributed by atoms with Crippen LogP contribution in [0.1, 0.15) is 6.92 Å². The average Bonchev–Trinajstić information content (AvgIpc) is 1.98. The van der Waals surface area contributed by atoms with Gasteiger partial charge < -0.3 is 9.84 Å². The van der Waals surface area contributed by atoms with Crippen molar-refractivity contribution in [1.82, 2.24) is 0 Å². The molecule has 0 aromatic heterocycles. The number of ether oxygens (including phenoxy) is 1. The predicted octanol–water partition coefficient (Wildman–Crippen LogP) is 1.42. The summed E-state index contributed by atoms with van der Waals surface area (Å²) in [5, 5.41) is 8.47. The van der Waals surface area contributed by atoms with Gasteiger partial charge in [-0.15, -0.1) is 0 Å². The second kappa shape index (κ2) is 4.55. The Morgan fingerprint density at radius 1 is 1.82 bits per heavy atom. The van der Waals surface area contributed by atoms with E-state index in [2.05, 4.69) is 13.2 Å². The van der Waals surface area contributed by atoms with Crippen molar-refractivity contribution in [3.63, 3.8) is 0 Å². The SMILES string of the molecule is C=COCC(C)C(=C)C(=O)O. The molecular weight excluding hydrogens is 144 g/mol. The molecule has 0 aromatic carbocycles. The summed E-state index contributed by atoms with van der Waals surface area (Å²) in [5.74, 6) is -1.16. The maximum absolute atomic E-state index is 10.3. The summed E-state index contributed by atoms with van der Waals surface area (Å²) in [5.41, 5.74) is 0.159. The third-order valence-electron chi connectivity index (χ3n) is 1.33. The Morgan fingerprint density at radius 2 is 2.36 bits per heavy atom. The quantitative estimate of drug-likeness (QED) is 0.483.